The fraction of sp³-hybridized carbons (Fsp3) is 0.750. The van der Waals surface area contributed by atoms with E-state index in [1.807, 2.05) is 16.4 Å². The monoisotopic (exact) mass is 288 g/mol. The number of halogens is 1. The van der Waals surface area contributed by atoms with Gasteiger partial charge in [0.25, 0.3) is 0 Å². The third-order valence-corrected chi connectivity index (χ3v) is 4.79. The molecule has 0 amide bonds. The summed E-state index contributed by atoms with van der Waals surface area (Å²) < 4.78 is 1.94. The summed E-state index contributed by atoms with van der Waals surface area (Å²) in [6, 6.07) is 0.524. The van der Waals surface area contributed by atoms with E-state index < -0.39 is 0 Å². The zero-order valence-corrected chi connectivity index (χ0v) is 12.7. The summed E-state index contributed by atoms with van der Waals surface area (Å²) in [6.07, 6.45) is 1.70. The number of aromatic nitrogens is 2. The zero-order valence-electron chi connectivity index (χ0n) is 11.1. The second-order valence-electron chi connectivity index (χ2n) is 5.06. The summed E-state index contributed by atoms with van der Waals surface area (Å²) in [7, 11) is 2.13. The van der Waals surface area contributed by atoms with Gasteiger partial charge < -0.3 is 5.73 Å². The highest BCUT2D eigenvalue weighted by atomic mass is 35.5. The lowest BCUT2D eigenvalue weighted by Crippen LogP contribution is -2.46. The van der Waals surface area contributed by atoms with Crippen LogP contribution in [0.25, 0.3) is 0 Å². The third kappa shape index (κ3) is 2.69. The van der Waals surface area contributed by atoms with Gasteiger partial charge in [0.2, 0.25) is 0 Å². The second kappa shape index (κ2) is 5.82. The molecule has 4 nitrogen and oxygen atoms in total. The maximum absolute atomic E-state index is 6.44. The van der Waals surface area contributed by atoms with Gasteiger partial charge in [-0.05, 0) is 20.9 Å². The van der Waals surface area contributed by atoms with Gasteiger partial charge in [-0.15, -0.1) is 0 Å². The van der Waals surface area contributed by atoms with Crippen molar-refractivity contribution in [3.8, 4) is 0 Å². The Balaban J connectivity index is 2.27. The molecule has 0 spiro atoms. The van der Waals surface area contributed by atoms with Crippen molar-refractivity contribution in [1.29, 1.82) is 0 Å². The average molecular weight is 289 g/mol. The number of nitrogens with two attached hydrogens (primary N) is 1. The van der Waals surface area contributed by atoms with Crippen molar-refractivity contribution in [2.75, 3.05) is 25.1 Å². The smallest absolute Gasteiger partial charge is 0.0834 e. The van der Waals surface area contributed by atoms with Crippen LogP contribution in [0, 0.1) is 0 Å². The molecule has 102 valence electrons. The van der Waals surface area contributed by atoms with Gasteiger partial charge in [-0.25, -0.2) is 0 Å². The third-order valence-electron chi connectivity index (χ3n) is 3.45. The molecule has 0 aromatic carbocycles. The minimum atomic E-state index is -0.0831. The molecule has 1 aromatic heterocycles. The molecular formula is C12H21ClN4S. The minimum absolute atomic E-state index is 0.0831. The molecule has 1 aliphatic rings. The van der Waals surface area contributed by atoms with E-state index >= 15 is 0 Å². The molecule has 1 saturated heterocycles. The van der Waals surface area contributed by atoms with E-state index in [0.29, 0.717) is 11.1 Å². The Morgan fingerprint density at radius 3 is 2.89 bits per heavy atom. The molecular weight excluding hydrogens is 268 g/mol. The van der Waals surface area contributed by atoms with Crippen LogP contribution in [-0.2, 0) is 0 Å². The van der Waals surface area contributed by atoms with E-state index in [2.05, 4.69) is 30.9 Å². The van der Waals surface area contributed by atoms with Crippen LogP contribution < -0.4 is 5.73 Å². The fourth-order valence-electron chi connectivity index (χ4n) is 2.34. The Bertz CT molecular complexity index is 407. The summed E-state index contributed by atoms with van der Waals surface area (Å²) in [5, 5.41) is 5.02. The molecule has 0 saturated carbocycles. The van der Waals surface area contributed by atoms with Crippen LogP contribution in [0.4, 0.5) is 0 Å². The van der Waals surface area contributed by atoms with Crippen molar-refractivity contribution in [2.45, 2.75) is 32.0 Å². The van der Waals surface area contributed by atoms with Crippen LogP contribution in [0.3, 0.4) is 0 Å². The molecule has 1 aromatic rings. The van der Waals surface area contributed by atoms with Crippen LogP contribution in [0.5, 0.6) is 0 Å². The highest BCUT2D eigenvalue weighted by Crippen LogP contribution is 2.30. The lowest BCUT2D eigenvalue weighted by molar-refractivity contribution is 0.231. The normalized spacial score (nSPS) is 23.6. The highest BCUT2D eigenvalue weighted by molar-refractivity contribution is 7.99. The fourth-order valence-corrected chi connectivity index (χ4v) is 3.88. The van der Waals surface area contributed by atoms with Crippen LogP contribution >= 0.6 is 23.4 Å². The molecule has 18 heavy (non-hydrogen) atoms. The summed E-state index contributed by atoms with van der Waals surface area (Å²) >= 11 is 8.22. The maximum atomic E-state index is 6.44. The Labute approximate surface area is 118 Å². The van der Waals surface area contributed by atoms with Crippen LogP contribution in [-0.4, -0.2) is 45.8 Å². The van der Waals surface area contributed by atoms with E-state index in [9.17, 15) is 0 Å². The number of nitrogens with zero attached hydrogens (tertiary/aromatic N) is 3. The molecule has 2 heterocycles. The van der Waals surface area contributed by atoms with Crippen LogP contribution in [0.2, 0.25) is 5.02 Å². The molecule has 1 aliphatic heterocycles. The number of rotatable bonds is 3. The van der Waals surface area contributed by atoms with Crippen molar-refractivity contribution in [1.82, 2.24) is 14.7 Å². The highest BCUT2D eigenvalue weighted by Gasteiger charge is 2.30. The van der Waals surface area contributed by atoms with E-state index in [-0.39, 0.29) is 12.1 Å². The first-order valence-corrected chi connectivity index (χ1v) is 7.82. The average Bonchev–Trinajstić information content (AvgIpc) is 2.71. The molecule has 2 atom stereocenters. The van der Waals surface area contributed by atoms with Gasteiger partial charge in [0.1, 0.15) is 0 Å². The quantitative estimate of drug-likeness (QED) is 0.926. The molecule has 2 rings (SSSR count). The van der Waals surface area contributed by atoms with Crippen molar-refractivity contribution in [3.05, 3.63) is 16.9 Å². The standard InChI is InChI=1S/C12H21ClN4S/c1-8(2)17-12(9(13)6-15-17)11(14)10-7-18-5-4-16(10)3/h6,8,10-11H,4-5,7,14H2,1-3H3. The van der Waals surface area contributed by atoms with Gasteiger partial charge in [0.15, 0.2) is 0 Å². The first-order chi connectivity index (χ1) is 8.52. The second-order valence-corrected chi connectivity index (χ2v) is 6.62. The van der Waals surface area contributed by atoms with Crippen molar-refractivity contribution < 1.29 is 0 Å². The SMILES string of the molecule is CC(C)n1ncc(Cl)c1C(N)C1CSCCN1C. The Kier molecular flexibility index (Phi) is 4.59. The lowest BCUT2D eigenvalue weighted by atomic mass is 10.1. The molecule has 2 N–H and O–H groups in total. The van der Waals surface area contributed by atoms with Gasteiger partial charge in [-0.2, -0.15) is 16.9 Å². The topological polar surface area (TPSA) is 47.1 Å². The molecule has 1 fully saturated rings. The predicted octanol–water partition coefficient (Wildman–Crippen LogP) is 2.16. The first kappa shape index (κ1) is 14.2. The first-order valence-electron chi connectivity index (χ1n) is 6.28. The van der Waals surface area contributed by atoms with E-state index in [0.717, 1.165) is 18.0 Å². The number of hydrogen-bond donors (Lipinski definition) is 1. The Morgan fingerprint density at radius 2 is 2.28 bits per heavy atom. The van der Waals surface area contributed by atoms with Gasteiger partial charge in [-0.3, -0.25) is 9.58 Å². The van der Waals surface area contributed by atoms with Crippen molar-refractivity contribution in [3.63, 3.8) is 0 Å². The van der Waals surface area contributed by atoms with Gasteiger partial charge in [0.05, 0.1) is 23.0 Å². The Morgan fingerprint density at radius 1 is 1.56 bits per heavy atom. The van der Waals surface area contributed by atoms with Crippen molar-refractivity contribution >= 4 is 23.4 Å². The summed E-state index contributed by atoms with van der Waals surface area (Å²) in [5.41, 5.74) is 7.41. The van der Waals surface area contributed by atoms with Gasteiger partial charge in [-0.1, -0.05) is 11.6 Å². The summed E-state index contributed by atoms with van der Waals surface area (Å²) in [4.78, 5) is 2.33. The Hall–Kier alpha value is -0.230. The van der Waals surface area contributed by atoms with E-state index in [1.165, 1.54) is 5.75 Å². The van der Waals surface area contributed by atoms with Gasteiger partial charge in [0, 0.05) is 30.1 Å². The number of hydrogen-bond acceptors (Lipinski definition) is 4. The molecule has 0 aliphatic carbocycles. The number of likely N-dealkylation sites (N-methyl/N-ethyl adjacent to an activating group) is 1. The number of thioether (sulfide) groups is 1. The lowest BCUT2D eigenvalue weighted by Gasteiger charge is -2.36. The maximum Gasteiger partial charge on any atom is 0.0834 e. The zero-order chi connectivity index (χ0) is 13.3. The molecule has 0 radical (unpaired) electrons. The summed E-state index contributed by atoms with van der Waals surface area (Å²) in [6.45, 7) is 5.27. The predicted molar refractivity (Wildman–Crippen MR) is 78.3 cm³/mol. The van der Waals surface area contributed by atoms with E-state index in [1.54, 1.807) is 6.20 Å². The van der Waals surface area contributed by atoms with Crippen LogP contribution in [0.15, 0.2) is 6.20 Å². The van der Waals surface area contributed by atoms with Gasteiger partial charge >= 0.3 is 0 Å². The largest absolute Gasteiger partial charge is 0.321 e. The molecule has 2 unspecified atom stereocenters. The summed E-state index contributed by atoms with van der Waals surface area (Å²) in [5.74, 6) is 2.23. The minimum Gasteiger partial charge on any atom is -0.321 e. The van der Waals surface area contributed by atoms with Crippen molar-refractivity contribution in [2.24, 2.45) is 5.73 Å². The van der Waals surface area contributed by atoms with E-state index in [4.69, 9.17) is 17.3 Å². The van der Waals surface area contributed by atoms with Crippen LogP contribution in [0.1, 0.15) is 31.6 Å². The molecule has 6 heteroatoms. The molecule has 0 bridgehead atoms.